The van der Waals surface area contributed by atoms with E-state index >= 15 is 0 Å². The minimum Gasteiger partial charge on any atom is -0.370 e. The Morgan fingerprint density at radius 2 is 2.10 bits per heavy atom. The lowest BCUT2D eigenvalue weighted by Gasteiger charge is -2.35. The molecule has 118 valence electrons. The predicted molar refractivity (Wildman–Crippen MR) is 86.2 cm³/mol. The number of sulfonamides is 1. The molecule has 2 N–H and O–H groups in total. The van der Waals surface area contributed by atoms with Gasteiger partial charge in [-0.15, -0.1) is 0 Å². The van der Waals surface area contributed by atoms with Gasteiger partial charge in [0.05, 0.1) is 5.69 Å². The van der Waals surface area contributed by atoms with Crippen LogP contribution in [0.5, 0.6) is 0 Å². The van der Waals surface area contributed by atoms with Crippen LogP contribution in [-0.2, 0) is 10.0 Å². The van der Waals surface area contributed by atoms with E-state index in [-0.39, 0.29) is 0 Å². The summed E-state index contributed by atoms with van der Waals surface area (Å²) < 4.78 is 27.3. The van der Waals surface area contributed by atoms with Crippen LogP contribution in [0.25, 0.3) is 0 Å². The number of piperidine rings is 1. The lowest BCUT2D eigenvalue weighted by Crippen LogP contribution is -2.40. The van der Waals surface area contributed by atoms with E-state index in [1.165, 1.54) is 6.42 Å². The van der Waals surface area contributed by atoms with Crippen LogP contribution < -0.4 is 14.9 Å². The second-order valence-electron chi connectivity index (χ2n) is 5.48. The Morgan fingerprint density at radius 3 is 2.81 bits per heavy atom. The summed E-state index contributed by atoms with van der Waals surface area (Å²) >= 11 is 0. The molecule has 5 nitrogen and oxygen atoms in total. The first kappa shape index (κ1) is 16.3. The highest BCUT2D eigenvalue weighted by atomic mass is 32.2. The van der Waals surface area contributed by atoms with E-state index < -0.39 is 10.0 Å². The van der Waals surface area contributed by atoms with Gasteiger partial charge >= 0.3 is 0 Å². The fraction of sp³-hybridized carbons (Fsp3) is 0.600. The lowest BCUT2D eigenvalue weighted by molar-refractivity contribution is 0.401. The van der Waals surface area contributed by atoms with Crippen LogP contribution in [0.3, 0.4) is 0 Å². The SMILES string of the molecule is CCNS(=O)(=O)c1ccccc1N1CCCC(CNC)C1. The van der Waals surface area contributed by atoms with Gasteiger partial charge in [-0.05, 0) is 44.5 Å². The van der Waals surface area contributed by atoms with E-state index in [1.54, 1.807) is 19.1 Å². The lowest BCUT2D eigenvalue weighted by atomic mass is 9.97. The number of benzene rings is 1. The molecule has 21 heavy (non-hydrogen) atoms. The average Bonchev–Trinajstić information content (AvgIpc) is 2.48. The minimum atomic E-state index is -3.43. The first-order valence-corrected chi connectivity index (χ1v) is 9.05. The summed E-state index contributed by atoms with van der Waals surface area (Å²) in [6.07, 6.45) is 2.29. The quantitative estimate of drug-likeness (QED) is 0.834. The van der Waals surface area contributed by atoms with E-state index in [0.717, 1.165) is 31.7 Å². The highest BCUT2D eigenvalue weighted by Gasteiger charge is 2.25. The fourth-order valence-electron chi connectivity index (χ4n) is 2.95. The Kier molecular flexibility index (Phi) is 5.61. The van der Waals surface area contributed by atoms with Gasteiger partial charge < -0.3 is 10.2 Å². The Balaban J connectivity index is 2.27. The van der Waals surface area contributed by atoms with Crippen molar-refractivity contribution in [1.29, 1.82) is 0 Å². The minimum absolute atomic E-state index is 0.386. The Morgan fingerprint density at radius 1 is 1.33 bits per heavy atom. The number of anilines is 1. The number of hydrogen-bond donors (Lipinski definition) is 2. The van der Waals surface area contributed by atoms with E-state index in [9.17, 15) is 8.42 Å². The first-order chi connectivity index (χ1) is 10.1. The number of nitrogens with zero attached hydrogens (tertiary/aromatic N) is 1. The van der Waals surface area contributed by atoms with Crippen LogP contribution in [0.1, 0.15) is 19.8 Å². The molecule has 1 saturated heterocycles. The van der Waals surface area contributed by atoms with Gasteiger partial charge in [-0.2, -0.15) is 0 Å². The first-order valence-electron chi connectivity index (χ1n) is 7.56. The molecular formula is C15H25N3O2S. The second-order valence-corrected chi connectivity index (χ2v) is 7.22. The molecule has 0 saturated carbocycles. The molecule has 1 heterocycles. The van der Waals surface area contributed by atoms with Gasteiger partial charge in [0.2, 0.25) is 10.0 Å². The van der Waals surface area contributed by atoms with Crippen LogP contribution in [0.2, 0.25) is 0 Å². The van der Waals surface area contributed by atoms with Gasteiger partial charge in [-0.1, -0.05) is 19.1 Å². The molecule has 1 aliphatic heterocycles. The smallest absolute Gasteiger partial charge is 0.242 e. The molecule has 1 atom stereocenters. The molecule has 0 aliphatic carbocycles. The van der Waals surface area contributed by atoms with Gasteiger partial charge in [0.1, 0.15) is 4.90 Å². The van der Waals surface area contributed by atoms with Crippen molar-refractivity contribution in [3.63, 3.8) is 0 Å². The van der Waals surface area contributed by atoms with Gasteiger partial charge in [-0.3, -0.25) is 0 Å². The van der Waals surface area contributed by atoms with Gasteiger partial charge in [-0.25, -0.2) is 13.1 Å². The van der Waals surface area contributed by atoms with Gasteiger partial charge in [0.15, 0.2) is 0 Å². The molecule has 2 rings (SSSR count). The normalized spacial score (nSPS) is 19.7. The van der Waals surface area contributed by atoms with Crippen LogP contribution in [-0.4, -0.2) is 41.6 Å². The Hall–Kier alpha value is -1.11. The molecule has 0 spiro atoms. The molecule has 1 fully saturated rings. The van der Waals surface area contributed by atoms with Gasteiger partial charge in [0, 0.05) is 19.6 Å². The van der Waals surface area contributed by atoms with Crippen molar-refractivity contribution in [3.05, 3.63) is 24.3 Å². The predicted octanol–water partition coefficient (Wildman–Crippen LogP) is 1.42. The maximum atomic E-state index is 12.4. The van der Waals surface area contributed by atoms with Crippen LogP contribution in [0.4, 0.5) is 5.69 Å². The van der Waals surface area contributed by atoms with Crippen molar-refractivity contribution in [3.8, 4) is 0 Å². The summed E-state index contributed by atoms with van der Waals surface area (Å²) in [4.78, 5) is 2.59. The monoisotopic (exact) mass is 311 g/mol. The molecule has 0 radical (unpaired) electrons. The maximum absolute atomic E-state index is 12.4. The largest absolute Gasteiger partial charge is 0.370 e. The van der Waals surface area contributed by atoms with Crippen molar-refractivity contribution < 1.29 is 8.42 Å². The summed E-state index contributed by atoms with van der Waals surface area (Å²) in [7, 11) is -1.47. The number of nitrogens with one attached hydrogen (secondary N) is 2. The number of hydrogen-bond acceptors (Lipinski definition) is 4. The number of rotatable bonds is 6. The molecule has 0 bridgehead atoms. The van der Waals surface area contributed by atoms with E-state index in [1.807, 2.05) is 19.2 Å². The average molecular weight is 311 g/mol. The fourth-order valence-corrected chi connectivity index (χ4v) is 4.22. The van der Waals surface area contributed by atoms with Crippen LogP contribution in [0.15, 0.2) is 29.2 Å². The molecule has 1 aliphatic rings. The Labute approximate surface area is 127 Å². The number of para-hydroxylation sites is 1. The standard InChI is InChI=1S/C15H25N3O2S/c1-3-17-21(19,20)15-9-5-4-8-14(15)18-10-6-7-13(12-18)11-16-2/h4-5,8-9,13,16-17H,3,6-7,10-12H2,1-2H3. The molecule has 0 aromatic heterocycles. The highest BCUT2D eigenvalue weighted by molar-refractivity contribution is 7.89. The summed E-state index contributed by atoms with van der Waals surface area (Å²) in [6.45, 7) is 4.99. The van der Waals surface area contributed by atoms with Crippen LogP contribution in [0, 0.1) is 5.92 Å². The molecule has 6 heteroatoms. The van der Waals surface area contributed by atoms with Crippen molar-refractivity contribution in [2.45, 2.75) is 24.7 Å². The maximum Gasteiger partial charge on any atom is 0.242 e. The third-order valence-corrected chi connectivity index (χ3v) is 5.43. The van der Waals surface area contributed by atoms with Crippen molar-refractivity contribution in [1.82, 2.24) is 10.0 Å². The highest BCUT2D eigenvalue weighted by Crippen LogP contribution is 2.29. The van der Waals surface area contributed by atoms with E-state index in [0.29, 0.717) is 17.4 Å². The summed E-state index contributed by atoms with van der Waals surface area (Å²) in [6, 6.07) is 7.28. The molecular weight excluding hydrogens is 286 g/mol. The summed E-state index contributed by atoms with van der Waals surface area (Å²) in [5, 5.41) is 3.22. The summed E-state index contributed by atoms with van der Waals surface area (Å²) in [5.41, 5.74) is 0.819. The van der Waals surface area contributed by atoms with Crippen molar-refractivity contribution in [2.24, 2.45) is 5.92 Å². The van der Waals surface area contributed by atoms with Gasteiger partial charge in [0.25, 0.3) is 0 Å². The van der Waals surface area contributed by atoms with Crippen molar-refractivity contribution in [2.75, 3.05) is 38.1 Å². The third-order valence-electron chi connectivity index (χ3n) is 3.84. The zero-order valence-corrected chi connectivity index (χ0v) is 13.6. The molecule has 1 aromatic rings. The zero-order valence-electron chi connectivity index (χ0n) is 12.8. The Bertz CT molecular complexity index is 558. The molecule has 1 unspecified atom stereocenters. The van der Waals surface area contributed by atoms with E-state index in [2.05, 4.69) is 14.9 Å². The van der Waals surface area contributed by atoms with Crippen molar-refractivity contribution >= 4 is 15.7 Å². The third kappa shape index (κ3) is 3.96. The second kappa shape index (κ2) is 7.24. The topological polar surface area (TPSA) is 61.4 Å². The summed E-state index contributed by atoms with van der Waals surface area (Å²) in [5.74, 6) is 0.568. The zero-order chi connectivity index (χ0) is 15.3. The molecule has 0 amide bonds. The molecule has 1 aromatic carbocycles. The van der Waals surface area contributed by atoms with Crippen LogP contribution >= 0.6 is 0 Å². The van der Waals surface area contributed by atoms with E-state index in [4.69, 9.17) is 0 Å².